The molecule has 4 rings (SSSR count). The third kappa shape index (κ3) is 3.75. The van der Waals surface area contributed by atoms with E-state index in [1.54, 1.807) is 68.0 Å². The van der Waals surface area contributed by atoms with E-state index in [1.165, 1.54) is 17.2 Å². The van der Waals surface area contributed by atoms with Gasteiger partial charge < -0.3 is 9.64 Å². The monoisotopic (exact) mass is 407 g/mol. The summed E-state index contributed by atoms with van der Waals surface area (Å²) in [4.78, 5) is 22.7. The molecule has 144 valence electrons. The highest BCUT2D eigenvalue weighted by molar-refractivity contribution is 6.35. The van der Waals surface area contributed by atoms with Crippen molar-refractivity contribution in [2.45, 2.75) is 0 Å². The van der Waals surface area contributed by atoms with E-state index in [0.29, 0.717) is 16.8 Å². The Bertz CT molecular complexity index is 1200. The van der Waals surface area contributed by atoms with Crippen LogP contribution in [0.3, 0.4) is 0 Å². The van der Waals surface area contributed by atoms with Gasteiger partial charge in [-0.2, -0.15) is 0 Å². The highest BCUT2D eigenvalue weighted by atomic mass is 35.5. The molecule has 2 heterocycles. The van der Waals surface area contributed by atoms with Gasteiger partial charge in [-0.25, -0.2) is 9.37 Å². The topological polar surface area (TPSA) is 55.3 Å². The molecule has 7 heteroatoms. The lowest BCUT2D eigenvalue weighted by Crippen LogP contribution is -2.26. The van der Waals surface area contributed by atoms with Gasteiger partial charge in [0.25, 0.3) is 5.91 Å². The molecule has 0 aliphatic carbocycles. The fourth-order valence-corrected chi connectivity index (χ4v) is 3.18. The SMILES string of the molecule is CN(C(=O)c1c(Cl)cccc1Oc1cnc2c(F)cccc2c1)c1ccncc1. The summed E-state index contributed by atoms with van der Waals surface area (Å²) in [6, 6.07) is 14.7. The third-order valence-electron chi connectivity index (χ3n) is 4.41. The number of carbonyl (C=O) groups is 1. The predicted molar refractivity (Wildman–Crippen MR) is 110 cm³/mol. The first-order chi connectivity index (χ1) is 14.0. The maximum Gasteiger partial charge on any atom is 0.263 e. The number of fused-ring (bicyclic) bond motifs is 1. The predicted octanol–water partition coefficient (Wildman–Crippen LogP) is 5.49. The fourth-order valence-electron chi connectivity index (χ4n) is 2.94. The summed E-state index contributed by atoms with van der Waals surface area (Å²) in [7, 11) is 1.64. The average Bonchev–Trinajstić information content (AvgIpc) is 2.74. The van der Waals surface area contributed by atoms with Gasteiger partial charge in [-0.1, -0.05) is 29.8 Å². The molecule has 0 unspecified atom stereocenters. The van der Waals surface area contributed by atoms with Crippen LogP contribution in [-0.4, -0.2) is 22.9 Å². The maximum absolute atomic E-state index is 13.8. The van der Waals surface area contributed by atoms with Crippen LogP contribution in [0.25, 0.3) is 10.9 Å². The van der Waals surface area contributed by atoms with Crippen LogP contribution in [0.1, 0.15) is 10.4 Å². The Hall–Kier alpha value is -3.51. The van der Waals surface area contributed by atoms with Crippen LogP contribution in [-0.2, 0) is 0 Å². The van der Waals surface area contributed by atoms with E-state index in [0.717, 1.165) is 0 Å². The minimum atomic E-state index is -0.411. The van der Waals surface area contributed by atoms with Crippen LogP contribution in [0.2, 0.25) is 5.02 Å². The zero-order valence-electron chi connectivity index (χ0n) is 15.3. The number of hydrogen-bond donors (Lipinski definition) is 0. The molecule has 0 bridgehead atoms. The number of hydrogen-bond acceptors (Lipinski definition) is 4. The van der Waals surface area contributed by atoms with Crippen molar-refractivity contribution >= 4 is 34.1 Å². The van der Waals surface area contributed by atoms with Crippen molar-refractivity contribution in [3.05, 3.63) is 89.6 Å². The van der Waals surface area contributed by atoms with Crippen molar-refractivity contribution in [2.75, 3.05) is 11.9 Å². The first-order valence-corrected chi connectivity index (χ1v) is 9.11. The first kappa shape index (κ1) is 18.8. The summed E-state index contributed by atoms with van der Waals surface area (Å²) in [6.45, 7) is 0. The number of aromatic nitrogens is 2. The van der Waals surface area contributed by atoms with Crippen molar-refractivity contribution in [2.24, 2.45) is 0 Å². The molecule has 2 aromatic heterocycles. The molecule has 1 amide bonds. The number of nitrogens with zero attached hydrogens (tertiary/aromatic N) is 3. The molecule has 2 aromatic carbocycles. The number of rotatable bonds is 4. The van der Waals surface area contributed by atoms with Gasteiger partial charge in [0, 0.05) is 30.5 Å². The molecule has 0 saturated carbocycles. The molecule has 0 saturated heterocycles. The number of benzene rings is 2. The Morgan fingerprint density at radius 2 is 1.86 bits per heavy atom. The highest BCUT2D eigenvalue weighted by Gasteiger charge is 2.22. The molecule has 0 spiro atoms. The van der Waals surface area contributed by atoms with E-state index in [4.69, 9.17) is 16.3 Å². The van der Waals surface area contributed by atoms with Gasteiger partial charge in [-0.3, -0.25) is 9.78 Å². The van der Waals surface area contributed by atoms with E-state index < -0.39 is 5.82 Å². The smallest absolute Gasteiger partial charge is 0.263 e. The molecule has 0 aliphatic heterocycles. The Morgan fingerprint density at radius 1 is 1.10 bits per heavy atom. The summed E-state index contributed by atoms with van der Waals surface area (Å²) in [5, 5.41) is 0.847. The van der Waals surface area contributed by atoms with Crippen LogP contribution in [0.15, 0.2) is 73.2 Å². The number of amides is 1. The molecule has 0 atom stereocenters. The van der Waals surface area contributed by atoms with Gasteiger partial charge in [0.2, 0.25) is 0 Å². The van der Waals surface area contributed by atoms with Gasteiger partial charge in [0.1, 0.15) is 28.4 Å². The Morgan fingerprint density at radius 3 is 2.66 bits per heavy atom. The van der Waals surface area contributed by atoms with E-state index in [-0.39, 0.29) is 27.8 Å². The molecule has 0 N–H and O–H groups in total. The average molecular weight is 408 g/mol. The number of ether oxygens (including phenoxy) is 1. The Balaban J connectivity index is 1.70. The quantitative estimate of drug-likeness (QED) is 0.448. The number of para-hydroxylation sites is 1. The summed E-state index contributed by atoms with van der Waals surface area (Å²) in [5.74, 6) is -0.102. The van der Waals surface area contributed by atoms with Crippen LogP contribution in [0.5, 0.6) is 11.5 Å². The summed E-state index contributed by atoms with van der Waals surface area (Å²) in [6.07, 6.45) is 4.61. The van der Waals surface area contributed by atoms with Crippen molar-refractivity contribution in [3.8, 4) is 11.5 Å². The van der Waals surface area contributed by atoms with E-state index in [9.17, 15) is 9.18 Å². The largest absolute Gasteiger partial charge is 0.455 e. The zero-order chi connectivity index (χ0) is 20.4. The van der Waals surface area contributed by atoms with Gasteiger partial charge >= 0.3 is 0 Å². The van der Waals surface area contributed by atoms with E-state index in [1.807, 2.05) is 0 Å². The lowest BCUT2D eigenvalue weighted by molar-refractivity contribution is 0.0991. The van der Waals surface area contributed by atoms with Crippen LogP contribution < -0.4 is 9.64 Å². The van der Waals surface area contributed by atoms with E-state index >= 15 is 0 Å². The lowest BCUT2D eigenvalue weighted by atomic mass is 10.1. The standard InChI is InChI=1S/C22H15ClFN3O2/c1-27(15-8-10-25-11-9-15)22(28)20-17(23)5-3-7-19(20)29-16-12-14-4-2-6-18(24)21(14)26-13-16/h2-13H,1H3. The Kier molecular flexibility index (Phi) is 5.10. The fraction of sp³-hybridized carbons (Fsp3) is 0.0455. The molecule has 29 heavy (non-hydrogen) atoms. The second kappa shape index (κ2) is 7.85. The second-order valence-corrected chi connectivity index (χ2v) is 6.67. The normalized spacial score (nSPS) is 10.7. The van der Waals surface area contributed by atoms with E-state index in [2.05, 4.69) is 9.97 Å². The van der Waals surface area contributed by atoms with Crippen molar-refractivity contribution in [1.82, 2.24) is 9.97 Å². The number of anilines is 1. The summed E-state index contributed by atoms with van der Waals surface area (Å²) in [5.41, 5.74) is 1.13. The number of halogens is 2. The Labute approximate surface area is 171 Å². The van der Waals surface area contributed by atoms with Gasteiger partial charge in [-0.05, 0) is 36.4 Å². The third-order valence-corrected chi connectivity index (χ3v) is 4.72. The van der Waals surface area contributed by atoms with Crippen LogP contribution >= 0.6 is 11.6 Å². The first-order valence-electron chi connectivity index (χ1n) is 8.73. The summed E-state index contributed by atoms with van der Waals surface area (Å²) >= 11 is 6.33. The summed E-state index contributed by atoms with van der Waals surface area (Å²) < 4.78 is 19.8. The van der Waals surface area contributed by atoms with Crippen LogP contribution in [0, 0.1) is 5.82 Å². The molecule has 0 radical (unpaired) electrons. The van der Waals surface area contributed by atoms with Gasteiger partial charge in [-0.15, -0.1) is 0 Å². The molecular weight excluding hydrogens is 393 g/mol. The zero-order valence-corrected chi connectivity index (χ0v) is 16.1. The highest BCUT2D eigenvalue weighted by Crippen LogP contribution is 2.33. The van der Waals surface area contributed by atoms with Crippen molar-refractivity contribution in [1.29, 1.82) is 0 Å². The molecule has 0 fully saturated rings. The molecule has 5 nitrogen and oxygen atoms in total. The van der Waals surface area contributed by atoms with Gasteiger partial charge in [0.05, 0.1) is 11.2 Å². The lowest BCUT2D eigenvalue weighted by Gasteiger charge is -2.20. The minimum Gasteiger partial charge on any atom is -0.455 e. The molecular formula is C22H15ClFN3O2. The maximum atomic E-state index is 13.8. The molecule has 0 aliphatic rings. The number of carbonyl (C=O) groups excluding carboxylic acids is 1. The van der Waals surface area contributed by atoms with Crippen molar-refractivity contribution < 1.29 is 13.9 Å². The number of pyridine rings is 2. The van der Waals surface area contributed by atoms with Crippen molar-refractivity contribution in [3.63, 3.8) is 0 Å². The molecule has 4 aromatic rings. The van der Waals surface area contributed by atoms with Crippen LogP contribution in [0.4, 0.5) is 10.1 Å². The van der Waals surface area contributed by atoms with Gasteiger partial charge in [0.15, 0.2) is 0 Å². The minimum absolute atomic E-state index is 0.216. The second-order valence-electron chi connectivity index (χ2n) is 6.27.